The SMILES string of the molecule is Cc1cc(O)c2c(c1)[C@H]([C@@H](C)CCC1OC1(C)C)CC[C@H]2C. The minimum atomic E-state index is 0.105. The van der Waals surface area contributed by atoms with Crippen LogP contribution in [-0.4, -0.2) is 16.8 Å². The molecule has 1 aliphatic carbocycles. The molecule has 1 N–H and O–H groups in total. The minimum absolute atomic E-state index is 0.105. The van der Waals surface area contributed by atoms with Gasteiger partial charge in [-0.05, 0) is 81.4 Å². The lowest BCUT2D eigenvalue weighted by molar-refractivity contribution is 0.303. The minimum Gasteiger partial charge on any atom is -0.508 e. The van der Waals surface area contributed by atoms with Crippen LogP contribution in [0.15, 0.2) is 12.1 Å². The molecule has 0 aromatic heterocycles. The molecule has 0 bridgehead atoms. The van der Waals surface area contributed by atoms with E-state index in [-0.39, 0.29) is 5.60 Å². The molecule has 1 heterocycles. The number of ether oxygens (including phenoxy) is 1. The van der Waals surface area contributed by atoms with Crippen molar-refractivity contribution >= 4 is 0 Å². The highest BCUT2D eigenvalue weighted by Gasteiger charge is 2.47. The molecule has 4 atom stereocenters. The summed E-state index contributed by atoms with van der Waals surface area (Å²) in [4.78, 5) is 0. The fourth-order valence-corrected chi connectivity index (χ4v) is 4.32. The van der Waals surface area contributed by atoms with E-state index in [0.717, 1.165) is 6.42 Å². The first kappa shape index (κ1) is 15.9. The third kappa shape index (κ3) is 2.90. The van der Waals surface area contributed by atoms with Gasteiger partial charge in [-0.2, -0.15) is 0 Å². The van der Waals surface area contributed by atoms with Crippen LogP contribution in [0.25, 0.3) is 0 Å². The van der Waals surface area contributed by atoms with Gasteiger partial charge in [0.1, 0.15) is 5.75 Å². The highest BCUT2D eigenvalue weighted by Crippen LogP contribution is 2.48. The van der Waals surface area contributed by atoms with Crippen LogP contribution in [0.3, 0.4) is 0 Å². The van der Waals surface area contributed by atoms with E-state index in [1.165, 1.54) is 36.0 Å². The van der Waals surface area contributed by atoms with E-state index in [2.05, 4.69) is 40.7 Å². The van der Waals surface area contributed by atoms with Crippen molar-refractivity contribution in [3.8, 4) is 5.75 Å². The Morgan fingerprint density at radius 3 is 2.64 bits per heavy atom. The van der Waals surface area contributed by atoms with Gasteiger partial charge in [0.25, 0.3) is 0 Å². The second kappa shape index (κ2) is 5.56. The van der Waals surface area contributed by atoms with Crippen molar-refractivity contribution in [1.29, 1.82) is 0 Å². The summed E-state index contributed by atoms with van der Waals surface area (Å²) in [6, 6.07) is 4.23. The molecule has 1 aromatic carbocycles. The lowest BCUT2D eigenvalue weighted by atomic mass is 9.71. The summed E-state index contributed by atoms with van der Waals surface area (Å²) in [6.45, 7) is 11.1. The molecule has 1 saturated heterocycles. The summed E-state index contributed by atoms with van der Waals surface area (Å²) in [7, 11) is 0. The Morgan fingerprint density at radius 2 is 2.00 bits per heavy atom. The number of phenolic OH excluding ortho intramolecular Hbond substituents is 1. The molecular formula is C20H30O2. The summed E-state index contributed by atoms with van der Waals surface area (Å²) in [6.07, 6.45) is 5.24. The van der Waals surface area contributed by atoms with Gasteiger partial charge in [-0.1, -0.05) is 19.9 Å². The van der Waals surface area contributed by atoms with Crippen LogP contribution in [-0.2, 0) is 4.74 Å². The zero-order valence-corrected chi connectivity index (χ0v) is 14.6. The fraction of sp³-hybridized carbons (Fsp3) is 0.700. The first-order valence-corrected chi connectivity index (χ1v) is 8.81. The van der Waals surface area contributed by atoms with Gasteiger partial charge in [0.15, 0.2) is 0 Å². The van der Waals surface area contributed by atoms with Gasteiger partial charge in [-0.3, -0.25) is 0 Å². The van der Waals surface area contributed by atoms with E-state index in [9.17, 15) is 5.11 Å². The maximum absolute atomic E-state index is 10.4. The van der Waals surface area contributed by atoms with Crippen LogP contribution >= 0.6 is 0 Å². The molecule has 2 aliphatic rings. The molecule has 22 heavy (non-hydrogen) atoms. The molecular weight excluding hydrogens is 272 g/mol. The van der Waals surface area contributed by atoms with Crippen molar-refractivity contribution in [3.05, 3.63) is 28.8 Å². The Kier molecular flexibility index (Phi) is 4.01. The van der Waals surface area contributed by atoms with Crippen LogP contribution < -0.4 is 0 Å². The normalized spacial score (nSPS) is 30.7. The summed E-state index contributed by atoms with van der Waals surface area (Å²) in [5.74, 6) is 2.21. The fourth-order valence-electron chi connectivity index (χ4n) is 4.32. The molecule has 1 aromatic rings. The van der Waals surface area contributed by atoms with E-state index in [0.29, 0.717) is 29.6 Å². The number of benzene rings is 1. The average Bonchev–Trinajstić information content (AvgIpc) is 3.03. The van der Waals surface area contributed by atoms with Crippen molar-refractivity contribution in [2.45, 2.75) is 83.8 Å². The predicted molar refractivity (Wildman–Crippen MR) is 90.6 cm³/mol. The molecule has 0 spiro atoms. The van der Waals surface area contributed by atoms with Crippen LogP contribution in [0.2, 0.25) is 0 Å². The van der Waals surface area contributed by atoms with Crippen molar-refractivity contribution in [2.24, 2.45) is 5.92 Å². The first-order chi connectivity index (χ1) is 10.3. The molecule has 0 amide bonds. The number of rotatable bonds is 4. The van der Waals surface area contributed by atoms with Gasteiger partial charge in [0.05, 0.1) is 11.7 Å². The van der Waals surface area contributed by atoms with E-state index < -0.39 is 0 Å². The highest BCUT2D eigenvalue weighted by molar-refractivity contribution is 5.48. The van der Waals surface area contributed by atoms with Gasteiger partial charge in [0, 0.05) is 5.56 Å². The van der Waals surface area contributed by atoms with Crippen LogP contribution in [0.1, 0.15) is 81.9 Å². The third-order valence-electron chi connectivity index (χ3n) is 5.87. The highest BCUT2D eigenvalue weighted by atomic mass is 16.6. The molecule has 122 valence electrons. The second-order valence-corrected chi connectivity index (χ2v) is 8.14. The van der Waals surface area contributed by atoms with E-state index in [4.69, 9.17) is 4.74 Å². The van der Waals surface area contributed by atoms with Gasteiger partial charge in [-0.15, -0.1) is 0 Å². The topological polar surface area (TPSA) is 32.8 Å². The number of fused-ring (bicyclic) bond motifs is 1. The summed E-state index contributed by atoms with van der Waals surface area (Å²) in [5, 5.41) is 10.4. The Balaban J connectivity index is 1.76. The molecule has 2 nitrogen and oxygen atoms in total. The molecule has 1 unspecified atom stereocenters. The largest absolute Gasteiger partial charge is 0.508 e. The zero-order valence-electron chi connectivity index (χ0n) is 14.6. The first-order valence-electron chi connectivity index (χ1n) is 8.81. The standard InChI is InChI=1S/C20H30O2/c1-12-10-16-15(8-6-14(3)19(16)17(21)11-12)13(2)7-9-18-20(4,5)22-18/h10-11,13-15,18,21H,6-9H2,1-5H3/t13-,14+,15-,18?/m0/s1. The van der Waals surface area contributed by atoms with E-state index in [1.807, 2.05) is 6.07 Å². The number of hydrogen-bond donors (Lipinski definition) is 1. The number of aryl methyl sites for hydroxylation is 1. The van der Waals surface area contributed by atoms with Gasteiger partial charge in [0.2, 0.25) is 0 Å². The van der Waals surface area contributed by atoms with Crippen molar-refractivity contribution in [2.75, 3.05) is 0 Å². The lowest BCUT2D eigenvalue weighted by Crippen LogP contribution is -2.19. The van der Waals surface area contributed by atoms with Crippen LogP contribution in [0.4, 0.5) is 0 Å². The Morgan fingerprint density at radius 1 is 1.32 bits per heavy atom. The van der Waals surface area contributed by atoms with Gasteiger partial charge in [-0.25, -0.2) is 0 Å². The maximum Gasteiger partial charge on any atom is 0.119 e. The summed E-state index contributed by atoms with van der Waals surface area (Å²) < 4.78 is 5.73. The average molecular weight is 302 g/mol. The van der Waals surface area contributed by atoms with Crippen LogP contribution in [0, 0.1) is 12.8 Å². The summed E-state index contributed by atoms with van der Waals surface area (Å²) in [5.41, 5.74) is 3.89. The number of hydrogen-bond acceptors (Lipinski definition) is 2. The number of phenols is 1. The van der Waals surface area contributed by atoms with Crippen molar-refractivity contribution in [1.82, 2.24) is 0 Å². The van der Waals surface area contributed by atoms with Gasteiger partial charge < -0.3 is 9.84 Å². The third-order valence-corrected chi connectivity index (χ3v) is 5.87. The number of epoxide rings is 1. The Bertz CT molecular complexity index is 561. The lowest BCUT2D eigenvalue weighted by Gasteiger charge is -2.34. The quantitative estimate of drug-likeness (QED) is 0.768. The smallest absolute Gasteiger partial charge is 0.119 e. The molecule has 2 heteroatoms. The van der Waals surface area contributed by atoms with E-state index in [1.54, 1.807) is 0 Å². The number of aromatic hydroxyl groups is 1. The summed E-state index contributed by atoms with van der Waals surface area (Å²) >= 11 is 0. The molecule has 3 rings (SSSR count). The van der Waals surface area contributed by atoms with Gasteiger partial charge >= 0.3 is 0 Å². The predicted octanol–water partition coefficient (Wildman–Crippen LogP) is 5.28. The molecule has 0 saturated carbocycles. The maximum atomic E-state index is 10.4. The van der Waals surface area contributed by atoms with E-state index >= 15 is 0 Å². The second-order valence-electron chi connectivity index (χ2n) is 8.14. The van der Waals surface area contributed by atoms with Crippen molar-refractivity contribution in [3.63, 3.8) is 0 Å². The van der Waals surface area contributed by atoms with Crippen LogP contribution in [0.5, 0.6) is 5.75 Å². The van der Waals surface area contributed by atoms with Crippen molar-refractivity contribution < 1.29 is 9.84 Å². The Labute approximate surface area is 134 Å². The molecule has 1 fully saturated rings. The zero-order chi connectivity index (χ0) is 16.1. The monoisotopic (exact) mass is 302 g/mol. The molecule has 1 aliphatic heterocycles. The molecule has 0 radical (unpaired) electrons. The Hall–Kier alpha value is -1.02.